The molecule has 4 nitrogen and oxygen atoms in total. The van der Waals surface area contributed by atoms with Gasteiger partial charge in [0.2, 0.25) is 0 Å². The predicted molar refractivity (Wildman–Crippen MR) is 116 cm³/mol. The summed E-state index contributed by atoms with van der Waals surface area (Å²) in [6.07, 6.45) is 2.08. The zero-order chi connectivity index (χ0) is 20.1. The number of aryl methyl sites for hydroxylation is 2. The lowest BCUT2D eigenvalue weighted by Crippen LogP contribution is -2.40. The van der Waals surface area contributed by atoms with Gasteiger partial charge < -0.3 is 14.8 Å². The van der Waals surface area contributed by atoms with Crippen LogP contribution in [0.4, 0.5) is 10.5 Å². The second-order valence-electron chi connectivity index (χ2n) is 7.63. The fraction of sp³-hybridized carbons (Fsp3) is 0.292. The number of anilines is 1. The second-order valence-corrected chi connectivity index (χ2v) is 7.63. The Kier molecular flexibility index (Phi) is 6.19. The van der Waals surface area contributed by atoms with E-state index in [0.717, 1.165) is 17.9 Å². The lowest BCUT2D eigenvalue weighted by atomic mass is 10.1. The summed E-state index contributed by atoms with van der Waals surface area (Å²) in [5.74, 6) is 0. The van der Waals surface area contributed by atoms with Crippen LogP contribution in [0.3, 0.4) is 0 Å². The SMILES string of the molecule is Cc1ccc(NC(=O)N(Cc2cccn2Cc2cccc(C)c2)C(C)C)cc1. The monoisotopic (exact) mass is 375 g/mol. The standard InChI is InChI=1S/C24H29N3O/c1-18(2)27(24(28)25-22-12-10-19(3)11-13-22)17-23-9-6-14-26(23)16-21-8-5-7-20(4)15-21/h5-15,18H,16-17H2,1-4H3,(H,25,28). The van der Waals surface area contributed by atoms with Crippen LogP contribution in [0.15, 0.2) is 66.9 Å². The Labute approximate surface area is 167 Å². The van der Waals surface area contributed by atoms with E-state index in [1.807, 2.05) is 56.0 Å². The van der Waals surface area contributed by atoms with E-state index in [4.69, 9.17) is 0 Å². The third-order valence-corrected chi connectivity index (χ3v) is 4.88. The van der Waals surface area contributed by atoms with E-state index < -0.39 is 0 Å². The summed E-state index contributed by atoms with van der Waals surface area (Å²) in [6, 6.07) is 20.6. The molecule has 0 radical (unpaired) electrons. The van der Waals surface area contributed by atoms with Gasteiger partial charge in [0.15, 0.2) is 0 Å². The van der Waals surface area contributed by atoms with E-state index in [1.165, 1.54) is 16.7 Å². The summed E-state index contributed by atoms with van der Waals surface area (Å²) in [4.78, 5) is 14.7. The summed E-state index contributed by atoms with van der Waals surface area (Å²) >= 11 is 0. The number of aromatic nitrogens is 1. The summed E-state index contributed by atoms with van der Waals surface area (Å²) in [6.45, 7) is 9.60. The van der Waals surface area contributed by atoms with Crippen LogP contribution in [-0.2, 0) is 13.1 Å². The molecule has 146 valence electrons. The lowest BCUT2D eigenvalue weighted by Gasteiger charge is -2.27. The van der Waals surface area contributed by atoms with E-state index in [-0.39, 0.29) is 12.1 Å². The molecular formula is C24H29N3O. The van der Waals surface area contributed by atoms with Crippen LogP contribution in [0.5, 0.6) is 0 Å². The summed E-state index contributed by atoms with van der Waals surface area (Å²) in [5.41, 5.74) is 5.63. The molecule has 0 unspecified atom stereocenters. The van der Waals surface area contributed by atoms with Gasteiger partial charge in [-0.25, -0.2) is 4.79 Å². The zero-order valence-electron chi connectivity index (χ0n) is 17.1. The molecule has 4 heteroatoms. The Morgan fingerprint density at radius 1 is 1.00 bits per heavy atom. The van der Waals surface area contributed by atoms with Gasteiger partial charge in [0.25, 0.3) is 0 Å². The number of hydrogen-bond donors (Lipinski definition) is 1. The van der Waals surface area contributed by atoms with Gasteiger partial charge >= 0.3 is 6.03 Å². The summed E-state index contributed by atoms with van der Waals surface area (Å²) in [5, 5.41) is 3.02. The molecule has 1 N–H and O–H groups in total. The van der Waals surface area contributed by atoms with Gasteiger partial charge in [-0.05, 0) is 57.5 Å². The molecule has 2 amide bonds. The van der Waals surface area contributed by atoms with Crippen LogP contribution in [0.2, 0.25) is 0 Å². The minimum Gasteiger partial charge on any atom is -0.345 e. The van der Waals surface area contributed by atoms with Crippen molar-refractivity contribution in [3.63, 3.8) is 0 Å². The maximum Gasteiger partial charge on any atom is 0.322 e. The molecule has 0 spiro atoms. The molecule has 28 heavy (non-hydrogen) atoms. The average Bonchev–Trinajstić information content (AvgIpc) is 3.08. The zero-order valence-corrected chi connectivity index (χ0v) is 17.1. The number of carbonyl (C=O) groups is 1. The molecule has 1 heterocycles. The molecular weight excluding hydrogens is 346 g/mol. The van der Waals surface area contributed by atoms with Crippen molar-refractivity contribution in [1.29, 1.82) is 0 Å². The molecule has 3 rings (SSSR count). The minimum atomic E-state index is -0.0813. The molecule has 2 aromatic carbocycles. The topological polar surface area (TPSA) is 37.3 Å². The average molecular weight is 376 g/mol. The Morgan fingerprint density at radius 3 is 2.43 bits per heavy atom. The molecule has 0 aliphatic rings. The van der Waals surface area contributed by atoms with Gasteiger partial charge in [-0.15, -0.1) is 0 Å². The number of nitrogens with zero attached hydrogens (tertiary/aromatic N) is 2. The van der Waals surface area contributed by atoms with Crippen molar-refractivity contribution in [2.75, 3.05) is 5.32 Å². The van der Waals surface area contributed by atoms with Gasteiger partial charge in [0.05, 0.1) is 6.54 Å². The maximum atomic E-state index is 12.9. The van der Waals surface area contributed by atoms with Gasteiger partial charge in [0, 0.05) is 30.2 Å². The number of nitrogens with one attached hydrogen (secondary N) is 1. The van der Waals surface area contributed by atoms with E-state index in [9.17, 15) is 4.79 Å². The number of amides is 2. The van der Waals surface area contributed by atoms with Crippen LogP contribution >= 0.6 is 0 Å². The van der Waals surface area contributed by atoms with Gasteiger partial charge in [-0.1, -0.05) is 47.5 Å². The largest absolute Gasteiger partial charge is 0.345 e. The Bertz CT molecular complexity index is 925. The highest BCUT2D eigenvalue weighted by molar-refractivity contribution is 5.89. The Morgan fingerprint density at radius 2 is 1.75 bits per heavy atom. The molecule has 1 aromatic heterocycles. The van der Waals surface area contributed by atoms with E-state index in [2.05, 4.69) is 53.3 Å². The number of carbonyl (C=O) groups excluding carboxylic acids is 1. The minimum absolute atomic E-state index is 0.0813. The van der Waals surface area contributed by atoms with Crippen molar-refractivity contribution in [3.05, 3.63) is 89.2 Å². The van der Waals surface area contributed by atoms with Crippen LogP contribution in [0, 0.1) is 13.8 Å². The van der Waals surface area contributed by atoms with Gasteiger partial charge in [-0.3, -0.25) is 0 Å². The first-order valence-corrected chi connectivity index (χ1v) is 9.76. The number of rotatable bonds is 6. The van der Waals surface area contributed by atoms with Crippen molar-refractivity contribution < 1.29 is 4.79 Å². The summed E-state index contributed by atoms with van der Waals surface area (Å²) in [7, 11) is 0. The number of hydrogen-bond acceptors (Lipinski definition) is 1. The first kappa shape index (κ1) is 19.7. The quantitative estimate of drug-likeness (QED) is 0.598. The predicted octanol–water partition coefficient (Wildman–Crippen LogP) is 5.60. The lowest BCUT2D eigenvalue weighted by molar-refractivity contribution is 0.192. The number of benzene rings is 2. The fourth-order valence-corrected chi connectivity index (χ4v) is 3.25. The molecule has 0 saturated carbocycles. The van der Waals surface area contributed by atoms with Crippen molar-refractivity contribution in [1.82, 2.24) is 9.47 Å². The normalized spacial score (nSPS) is 10.9. The van der Waals surface area contributed by atoms with Crippen LogP contribution in [0.25, 0.3) is 0 Å². The number of urea groups is 1. The van der Waals surface area contributed by atoms with Gasteiger partial charge in [0.1, 0.15) is 0 Å². The molecule has 0 fully saturated rings. The van der Waals surface area contributed by atoms with E-state index >= 15 is 0 Å². The molecule has 0 saturated heterocycles. The molecule has 0 aliphatic carbocycles. The van der Waals surface area contributed by atoms with Crippen molar-refractivity contribution in [2.45, 2.75) is 46.8 Å². The molecule has 0 aliphatic heterocycles. The molecule has 3 aromatic rings. The van der Waals surface area contributed by atoms with Crippen molar-refractivity contribution in [2.24, 2.45) is 0 Å². The van der Waals surface area contributed by atoms with Crippen LogP contribution in [0.1, 0.15) is 36.2 Å². The highest BCUT2D eigenvalue weighted by atomic mass is 16.2. The van der Waals surface area contributed by atoms with Crippen molar-refractivity contribution >= 4 is 11.7 Å². The molecule has 0 atom stereocenters. The summed E-state index contributed by atoms with van der Waals surface area (Å²) < 4.78 is 2.21. The van der Waals surface area contributed by atoms with E-state index in [1.54, 1.807) is 0 Å². The van der Waals surface area contributed by atoms with Crippen LogP contribution in [-0.4, -0.2) is 21.5 Å². The highest BCUT2D eigenvalue weighted by Gasteiger charge is 2.19. The Hall–Kier alpha value is -3.01. The Balaban J connectivity index is 1.73. The maximum absolute atomic E-state index is 12.9. The second kappa shape index (κ2) is 8.79. The van der Waals surface area contributed by atoms with Gasteiger partial charge in [-0.2, -0.15) is 0 Å². The first-order valence-electron chi connectivity index (χ1n) is 9.76. The highest BCUT2D eigenvalue weighted by Crippen LogP contribution is 2.16. The van der Waals surface area contributed by atoms with Crippen LogP contribution < -0.4 is 5.32 Å². The molecule has 0 bridgehead atoms. The van der Waals surface area contributed by atoms with E-state index in [0.29, 0.717) is 6.54 Å². The van der Waals surface area contributed by atoms with Crippen molar-refractivity contribution in [3.8, 4) is 0 Å². The third-order valence-electron chi connectivity index (χ3n) is 4.88. The fourth-order valence-electron chi connectivity index (χ4n) is 3.25. The first-order chi connectivity index (χ1) is 13.4. The third kappa shape index (κ3) is 5.03. The smallest absolute Gasteiger partial charge is 0.322 e.